The third-order valence-corrected chi connectivity index (χ3v) is 5.89. The Morgan fingerprint density at radius 3 is 2.79 bits per heavy atom. The van der Waals surface area contributed by atoms with E-state index >= 15 is 0 Å². The van der Waals surface area contributed by atoms with E-state index in [-0.39, 0.29) is 11.9 Å². The summed E-state index contributed by atoms with van der Waals surface area (Å²) in [5, 5.41) is 5.49. The van der Waals surface area contributed by atoms with Gasteiger partial charge in [-0.05, 0) is 49.3 Å². The highest BCUT2D eigenvalue weighted by atomic mass is 32.1. The van der Waals surface area contributed by atoms with Gasteiger partial charge in [0.1, 0.15) is 0 Å². The summed E-state index contributed by atoms with van der Waals surface area (Å²) in [7, 11) is 0. The normalized spacial score (nSPS) is 18.3. The molecule has 0 saturated heterocycles. The average molecular weight is 343 g/mol. The van der Waals surface area contributed by atoms with E-state index in [1.165, 1.54) is 21.6 Å². The molecule has 2 atom stereocenters. The number of benzene rings is 1. The van der Waals surface area contributed by atoms with Crippen LogP contribution >= 0.6 is 11.3 Å². The lowest BCUT2D eigenvalue weighted by molar-refractivity contribution is -0.132. The van der Waals surface area contributed by atoms with Crippen LogP contribution in [0.15, 0.2) is 35.7 Å². The van der Waals surface area contributed by atoms with Crippen LogP contribution in [-0.2, 0) is 11.2 Å². The SMILES string of the molecule is CC[C@@H](C)NCC(=O)N1CCc2sccc2[C@@H]1c1ccc(C)cc1. The third kappa shape index (κ3) is 3.55. The number of fused-ring (bicyclic) bond motifs is 1. The van der Waals surface area contributed by atoms with E-state index in [4.69, 9.17) is 0 Å². The topological polar surface area (TPSA) is 32.3 Å². The van der Waals surface area contributed by atoms with Crippen molar-refractivity contribution in [3.8, 4) is 0 Å². The van der Waals surface area contributed by atoms with Gasteiger partial charge in [0.25, 0.3) is 0 Å². The maximum atomic E-state index is 12.9. The van der Waals surface area contributed by atoms with E-state index in [9.17, 15) is 4.79 Å². The van der Waals surface area contributed by atoms with Crippen molar-refractivity contribution in [1.29, 1.82) is 0 Å². The lowest BCUT2D eigenvalue weighted by Crippen LogP contribution is -2.45. The van der Waals surface area contributed by atoms with Gasteiger partial charge in [0.05, 0.1) is 12.6 Å². The van der Waals surface area contributed by atoms with Crippen molar-refractivity contribution < 1.29 is 4.79 Å². The van der Waals surface area contributed by atoms with Gasteiger partial charge in [0, 0.05) is 17.5 Å². The minimum atomic E-state index is 0.0480. The van der Waals surface area contributed by atoms with Gasteiger partial charge in [-0.1, -0.05) is 36.8 Å². The summed E-state index contributed by atoms with van der Waals surface area (Å²) in [6.07, 6.45) is 1.99. The van der Waals surface area contributed by atoms with Crippen molar-refractivity contribution in [3.05, 3.63) is 57.3 Å². The Balaban J connectivity index is 1.87. The minimum absolute atomic E-state index is 0.0480. The first kappa shape index (κ1) is 17.2. The highest BCUT2D eigenvalue weighted by Gasteiger charge is 2.32. The number of carbonyl (C=O) groups is 1. The van der Waals surface area contributed by atoms with Crippen molar-refractivity contribution in [2.75, 3.05) is 13.1 Å². The molecule has 0 spiro atoms. The molecule has 24 heavy (non-hydrogen) atoms. The summed E-state index contributed by atoms with van der Waals surface area (Å²) >= 11 is 1.81. The molecule has 1 aliphatic heterocycles. The second-order valence-electron chi connectivity index (χ2n) is 6.64. The molecule has 0 aliphatic carbocycles. The standard InChI is InChI=1S/C20H26N2OS/c1-4-15(3)21-13-19(23)22-11-9-18-17(10-12-24-18)20(22)16-7-5-14(2)6-8-16/h5-8,10,12,15,20-21H,4,9,11,13H2,1-3H3/t15-,20+/m1/s1. The molecule has 1 aromatic carbocycles. The molecule has 3 nitrogen and oxygen atoms in total. The lowest BCUT2D eigenvalue weighted by atomic mass is 9.92. The maximum absolute atomic E-state index is 12.9. The number of nitrogens with zero attached hydrogens (tertiary/aromatic N) is 1. The maximum Gasteiger partial charge on any atom is 0.237 e. The highest BCUT2D eigenvalue weighted by molar-refractivity contribution is 7.10. The number of hydrogen-bond acceptors (Lipinski definition) is 3. The molecule has 0 unspecified atom stereocenters. The Hall–Kier alpha value is -1.65. The second-order valence-corrected chi connectivity index (χ2v) is 7.64. The highest BCUT2D eigenvalue weighted by Crippen LogP contribution is 2.37. The number of nitrogens with one attached hydrogen (secondary N) is 1. The van der Waals surface area contributed by atoms with Crippen LogP contribution in [0.25, 0.3) is 0 Å². The van der Waals surface area contributed by atoms with Crippen LogP contribution < -0.4 is 5.32 Å². The molecule has 0 bridgehead atoms. The number of thiophene rings is 1. The predicted octanol–water partition coefficient (Wildman–Crippen LogP) is 3.92. The molecular weight excluding hydrogens is 316 g/mol. The predicted molar refractivity (Wildman–Crippen MR) is 101 cm³/mol. The number of aryl methyl sites for hydroxylation is 1. The van der Waals surface area contributed by atoms with Crippen molar-refractivity contribution in [3.63, 3.8) is 0 Å². The molecule has 128 valence electrons. The molecule has 2 aromatic rings. The van der Waals surface area contributed by atoms with Crippen LogP contribution in [0.4, 0.5) is 0 Å². The smallest absolute Gasteiger partial charge is 0.237 e. The molecule has 1 aliphatic rings. The molecule has 1 aromatic heterocycles. The zero-order valence-corrected chi connectivity index (χ0v) is 15.5. The molecule has 0 radical (unpaired) electrons. The van der Waals surface area contributed by atoms with E-state index in [0.29, 0.717) is 12.6 Å². The van der Waals surface area contributed by atoms with Crippen LogP contribution in [-0.4, -0.2) is 29.9 Å². The van der Waals surface area contributed by atoms with E-state index in [0.717, 1.165) is 19.4 Å². The molecule has 3 rings (SSSR count). The largest absolute Gasteiger partial charge is 0.330 e. The van der Waals surface area contributed by atoms with Gasteiger partial charge in [-0.15, -0.1) is 11.3 Å². The monoisotopic (exact) mass is 342 g/mol. The first-order valence-electron chi connectivity index (χ1n) is 8.75. The summed E-state index contributed by atoms with van der Waals surface area (Å²) in [6, 6.07) is 11.2. The van der Waals surface area contributed by atoms with E-state index < -0.39 is 0 Å². The summed E-state index contributed by atoms with van der Waals surface area (Å²) < 4.78 is 0. The Morgan fingerprint density at radius 1 is 1.33 bits per heavy atom. The molecule has 4 heteroatoms. The number of amides is 1. The zero-order valence-electron chi connectivity index (χ0n) is 14.7. The first-order chi connectivity index (χ1) is 11.6. The molecule has 0 fully saturated rings. The lowest BCUT2D eigenvalue weighted by Gasteiger charge is -2.36. The molecule has 1 amide bonds. The van der Waals surface area contributed by atoms with Gasteiger partial charge in [0.15, 0.2) is 0 Å². The summed E-state index contributed by atoms with van der Waals surface area (Å²) in [4.78, 5) is 16.3. The Labute approximate surface area is 148 Å². The van der Waals surface area contributed by atoms with Crippen molar-refractivity contribution >= 4 is 17.2 Å². The van der Waals surface area contributed by atoms with Crippen molar-refractivity contribution in [2.45, 2.75) is 45.7 Å². The van der Waals surface area contributed by atoms with Crippen molar-refractivity contribution in [1.82, 2.24) is 10.2 Å². The summed E-state index contributed by atoms with van der Waals surface area (Å²) in [6.45, 7) is 7.57. The van der Waals surface area contributed by atoms with E-state index in [1.807, 2.05) is 11.3 Å². The van der Waals surface area contributed by atoms with Gasteiger partial charge in [-0.2, -0.15) is 0 Å². The number of hydrogen-bond donors (Lipinski definition) is 1. The number of carbonyl (C=O) groups excluding carboxylic acids is 1. The molecular formula is C20H26N2OS. The quantitative estimate of drug-likeness (QED) is 0.893. The van der Waals surface area contributed by atoms with Gasteiger partial charge in [0.2, 0.25) is 5.91 Å². The van der Waals surface area contributed by atoms with Gasteiger partial charge in [-0.3, -0.25) is 4.79 Å². The molecule has 1 N–H and O–H groups in total. The van der Waals surface area contributed by atoms with Crippen LogP contribution in [0.3, 0.4) is 0 Å². The fraction of sp³-hybridized carbons (Fsp3) is 0.450. The van der Waals surface area contributed by atoms with Crippen LogP contribution in [0.5, 0.6) is 0 Å². The third-order valence-electron chi connectivity index (χ3n) is 4.89. The Morgan fingerprint density at radius 2 is 2.08 bits per heavy atom. The molecule has 2 heterocycles. The van der Waals surface area contributed by atoms with Crippen LogP contribution in [0, 0.1) is 6.92 Å². The van der Waals surface area contributed by atoms with Gasteiger partial charge in [-0.25, -0.2) is 0 Å². The minimum Gasteiger partial charge on any atom is -0.330 e. The van der Waals surface area contributed by atoms with Crippen LogP contribution in [0.1, 0.15) is 47.9 Å². The van der Waals surface area contributed by atoms with Crippen molar-refractivity contribution in [2.24, 2.45) is 0 Å². The average Bonchev–Trinajstić information content (AvgIpc) is 3.08. The fourth-order valence-corrected chi connectivity index (χ4v) is 4.10. The summed E-state index contributed by atoms with van der Waals surface area (Å²) in [5.74, 6) is 0.192. The zero-order chi connectivity index (χ0) is 17.1. The van der Waals surface area contributed by atoms with Gasteiger partial charge >= 0.3 is 0 Å². The van der Waals surface area contributed by atoms with Crippen LogP contribution in [0.2, 0.25) is 0 Å². The summed E-state index contributed by atoms with van der Waals surface area (Å²) in [5.41, 5.74) is 3.75. The second kappa shape index (κ2) is 7.49. The Kier molecular flexibility index (Phi) is 5.36. The van der Waals surface area contributed by atoms with Gasteiger partial charge < -0.3 is 10.2 Å². The first-order valence-corrected chi connectivity index (χ1v) is 9.63. The number of rotatable bonds is 5. The van der Waals surface area contributed by atoms with E-state index in [2.05, 4.69) is 66.7 Å². The fourth-order valence-electron chi connectivity index (χ4n) is 3.20. The van der Waals surface area contributed by atoms with E-state index in [1.54, 1.807) is 0 Å². The molecule has 0 saturated carbocycles. The Bertz CT molecular complexity index is 692.